The van der Waals surface area contributed by atoms with Gasteiger partial charge in [0.05, 0.1) is 0 Å². The van der Waals surface area contributed by atoms with Crippen molar-refractivity contribution in [2.75, 3.05) is 0 Å². The van der Waals surface area contributed by atoms with Gasteiger partial charge in [-0.05, 0) is 36.1 Å². The van der Waals surface area contributed by atoms with Crippen LogP contribution >= 0.6 is 0 Å². The van der Waals surface area contributed by atoms with Crippen molar-refractivity contribution in [1.29, 1.82) is 0 Å². The minimum Gasteiger partial charge on any atom is -0.264 e. The van der Waals surface area contributed by atoms with Gasteiger partial charge in [-0.3, -0.25) is 4.98 Å². The summed E-state index contributed by atoms with van der Waals surface area (Å²) in [6, 6.07) is 10.6. The van der Waals surface area contributed by atoms with Gasteiger partial charge in [-0.25, -0.2) is 0 Å². The fourth-order valence-electron chi connectivity index (χ4n) is 1.63. The molecular weight excluding hydrogens is 182 g/mol. The molecule has 0 amide bonds. The average molecular weight is 196 g/mol. The van der Waals surface area contributed by atoms with Crippen molar-refractivity contribution in [2.45, 2.75) is 13.8 Å². The number of benzene rings is 1. The first-order chi connectivity index (χ1) is 7.31. The van der Waals surface area contributed by atoms with Gasteiger partial charge in [-0.1, -0.05) is 36.8 Å². The SMILES string of the molecule is C[CH]c1cnccc1-c1ccc(C)cc1. The second-order valence-corrected chi connectivity index (χ2v) is 3.62. The lowest BCUT2D eigenvalue weighted by Gasteiger charge is -2.06. The Hall–Kier alpha value is -1.63. The first-order valence-corrected chi connectivity index (χ1v) is 5.11. The summed E-state index contributed by atoms with van der Waals surface area (Å²) in [4.78, 5) is 4.13. The summed E-state index contributed by atoms with van der Waals surface area (Å²) in [5.41, 5.74) is 4.96. The van der Waals surface area contributed by atoms with E-state index in [4.69, 9.17) is 0 Å². The molecule has 0 bridgehead atoms. The molecule has 1 aromatic heterocycles. The van der Waals surface area contributed by atoms with E-state index in [1.54, 1.807) is 0 Å². The molecule has 1 nitrogen and oxygen atoms in total. The van der Waals surface area contributed by atoms with Gasteiger partial charge in [0, 0.05) is 12.4 Å². The van der Waals surface area contributed by atoms with E-state index < -0.39 is 0 Å². The maximum absolute atomic E-state index is 4.13. The molecule has 0 aliphatic heterocycles. The maximum Gasteiger partial charge on any atom is 0.0309 e. The highest BCUT2D eigenvalue weighted by molar-refractivity contribution is 5.68. The van der Waals surface area contributed by atoms with Gasteiger partial charge in [0.2, 0.25) is 0 Å². The van der Waals surface area contributed by atoms with E-state index >= 15 is 0 Å². The lowest BCUT2D eigenvalue weighted by molar-refractivity contribution is 1.27. The molecule has 1 aromatic carbocycles. The zero-order chi connectivity index (χ0) is 10.7. The number of hydrogen-bond acceptors (Lipinski definition) is 1. The second-order valence-electron chi connectivity index (χ2n) is 3.62. The predicted molar refractivity (Wildman–Crippen MR) is 63.5 cm³/mol. The average Bonchev–Trinajstić information content (AvgIpc) is 2.30. The van der Waals surface area contributed by atoms with Crippen molar-refractivity contribution in [2.24, 2.45) is 0 Å². The molecule has 75 valence electrons. The summed E-state index contributed by atoms with van der Waals surface area (Å²) in [5, 5.41) is 0. The fraction of sp³-hybridized carbons (Fsp3) is 0.143. The molecule has 0 aliphatic rings. The molecule has 1 heteroatoms. The van der Waals surface area contributed by atoms with E-state index in [0.717, 1.165) is 0 Å². The minimum absolute atomic E-state index is 1.18. The van der Waals surface area contributed by atoms with Crippen LogP contribution < -0.4 is 0 Å². The monoisotopic (exact) mass is 196 g/mol. The Morgan fingerprint density at radius 3 is 2.47 bits per heavy atom. The Labute approximate surface area is 90.8 Å². The van der Waals surface area contributed by atoms with Crippen LogP contribution in [0.25, 0.3) is 11.1 Å². The normalized spacial score (nSPS) is 10.3. The lowest BCUT2D eigenvalue weighted by atomic mass is 9.99. The van der Waals surface area contributed by atoms with Crippen molar-refractivity contribution in [3.63, 3.8) is 0 Å². The number of aromatic nitrogens is 1. The van der Waals surface area contributed by atoms with E-state index in [1.807, 2.05) is 19.3 Å². The van der Waals surface area contributed by atoms with E-state index in [0.29, 0.717) is 0 Å². The minimum atomic E-state index is 1.18. The molecule has 0 fully saturated rings. The molecule has 0 N–H and O–H groups in total. The summed E-state index contributed by atoms with van der Waals surface area (Å²) in [6.07, 6.45) is 5.82. The lowest BCUT2D eigenvalue weighted by Crippen LogP contribution is -1.87. The van der Waals surface area contributed by atoms with Gasteiger partial charge in [-0.15, -0.1) is 0 Å². The largest absolute Gasteiger partial charge is 0.264 e. The van der Waals surface area contributed by atoms with Crippen molar-refractivity contribution in [3.05, 3.63) is 60.3 Å². The molecule has 0 saturated heterocycles. The summed E-state index contributed by atoms with van der Waals surface area (Å²) >= 11 is 0. The molecular formula is C14H14N. The van der Waals surface area contributed by atoms with Crippen molar-refractivity contribution in [3.8, 4) is 11.1 Å². The van der Waals surface area contributed by atoms with Crippen LogP contribution in [0, 0.1) is 13.3 Å². The molecule has 0 unspecified atom stereocenters. The van der Waals surface area contributed by atoms with Gasteiger partial charge in [0.15, 0.2) is 0 Å². The number of aryl methyl sites for hydroxylation is 1. The van der Waals surface area contributed by atoms with Crippen LogP contribution in [0.1, 0.15) is 18.1 Å². The van der Waals surface area contributed by atoms with E-state index in [-0.39, 0.29) is 0 Å². The number of hydrogen-bond donors (Lipinski definition) is 0. The van der Waals surface area contributed by atoms with E-state index in [9.17, 15) is 0 Å². The Morgan fingerprint density at radius 2 is 1.80 bits per heavy atom. The summed E-state index contributed by atoms with van der Waals surface area (Å²) in [5.74, 6) is 0. The van der Waals surface area contributed by atoms with Crippen molar-refractivity contribution in [1.82, 2.24) is 4.98 Å². The molecule has 1 radical (unpaired) electrons. The number of nitrogens with zero attached hydrogens (tertiary/aromatic N) is 1. The molecule has 2 rings (SSSR count). The van der Waals surface area contributed by atoms with Crippen molar-refractivity contribution < 1.29 is 0 Å². The van der Waals surface area contributed by atoms with Crippen LogP contribution in [0.4, 0.5) is 0 Å². The Bertz CT molecular complexity index is 443. The topological polar surface area (TPSA) is 12.9 Å². The Kier molecular flexibility index (Phi) is 2.82. The quantitative estimate of drug-likeness (QED) is 0.714. The standard InChI is InChI=1S/C14H14N/c1-3-12-10-15-9-8-14(12)13-6-4-11(2)5-7-13/h3-10H,1-2H3. The third-order valence-electron chi connectivity index (χ3n) is 2.53. The second kappa shape index (κ2) is 4.26. The maximum atomic E-state index is 4.13. The van der Waals surface area contributed by atoms with E-state index in [2.05, 4.69) is 48.7 Å². The molecule has 0 atom stereocenters. The Balaban J connectivity index is 2.49. The predicted octanol–water partition coefficient (Wildman–Crippen LogP) is 3.63. The van der Waals surface area contributed by atoms with Gasteiger partial charge in [0.25, 0.3) is 0 Å². The van der Waals surface area contributed by atoms with Gasteiger partial charge in [0.1, 0.15) is 0 Å². The van der Waals surface area contributed by atoms with Crippen molar-refractivity contribution >= 4 is 0 Å². The molecule has 0 spiro atoms. The first kappa shape index (κ1) is 9.91. The molecule has 15 heavy (non-hydrogen) atoms. The van der Waals surface area contributed by atoms with Gasteiger partial charge >= 0.3 is 0 Å². The van der Waals surface area contributed by atoms with Crippen LogP contribution in [0.2, 0.25) is 0 Å². The summed E-state index contributed by atoms with van der Waals surface area (Å²) in [6.45, 7) is 4.14. The number of pyridine rings is 1. The zero-order valence-electron chi connectivity index (χ0n) is 9.07. The van der Waals surface area contributed by atoms with Crippen LogP contribution in [-0.2, 0) is 0 Å². The molecule has 1 heterocycles. The highest BCUT2D eigenvalue weighted by atomic mass is 14.6. The van der Waals surface area contributed by atoms with Crippen LogP contribution in [0.5, 0.6) is 0 Å². The van der Waals surface area contributed by atoms with Crippen LogP contribution in [-0.4, -0.2) is 4.98 Å². The fourth-order valence-corrected chi connectivity index (χ4v) is 1.63. The van der Waals surface area contributed by atoms with E-state index in [1.165, 1.54) is 22.3 Å². The zero-order valence-corrected chi connectivity index (χ0v) is 9.07. The third-order valence-corrected chi connectivity index (χ3v) is 2.53. The third kappa shape index (κ3) is 2.07. The summed E-state index contributed by atoms with van der Waals surface area (Å²) in [7, 11) is 0. The van der Waals surface area contributed by atoms with Gasteiger partial charge < -0.3 is 0 Å². The van der Waals surface area contributed by atoms with Crippen LogP contribution in [0.3, 0.4) is 0 Å². The molecule has 0 saturated carbocycles. The van der Waals surface area contributed by atoms with Crippen LogP contribution in [0.15, 0.2) is 42.7 Å². The summed E-state index contributed by atoms with van der Waals surface area (Å²) < 4.78 is 0. The molecule has 2 aromatic rings. The highest BCUT2D eigenvalue weighted by Gasteiger charge is 2.02. The smallest absolute Gasteiger partial charge is 0.0309 e. The van der Waals surface area contributed by atoms with Gasteiger partial charge in [-0.2, -0.15) is 0 Å². The Morgan fingerprint density at radius 1 is 1.07 bits per heavy atom. The number of rotatable bonds is 2. The first-order valence-electron chi connectivity index (χ1n) is 5.11. The highest BCUT2D eigenvalue weighted by Crippen LogP contribution is 2.23. The molecule has 0 aliphatic carbocycles.